The Morgan fingerprint density at radius 2 is 1.70 bits per heavy atom. The van der Waals surface area contributed by atoms with Crippen LogP contribution in [0.3, 0.4) is 0 Å². The standard InChI is InChI=1S/C23H26N4O3/c1-23(2)19(15-7-4-3-5-8-15)27(22(29)30-23)17-12-10-16(11-13-17)26-18-9-6-14-24-20(18)25-21(26)28/h3-9,14,16-17,19H,10-13H2,1-2H3,(H,24,25,28). The summed E-state index contributed by atoms with van der Waals surface area (Å²) in [5.74, 6) is 0. The first-order valence-corrected chi connectivity index (χ1v) is 10.6. The van der Waals surface area contributed by atoms with Crippen molar-refractivity contribution in [3.8, 4) is 0 Å². The molecular formula is C23H26N4O3. The van der Waals surface area contributed by atoms with E-state index in [1.807, 2.05) is 53.6 Å². The van der Waals surface area contributed by atoms with Crippen LogP contribution in [0.2, 0.25) is 0 Å². The van der Waals surface area contributed by atoms with E-state index in [1.165, 1.54) is 0 Å². The normalized spacial score (nSPS) is 26.1. The van der Waals surface area contributed by atoms with E-state index in [0.29, 0.717) is 5.65 Å². The second-order valence-electron chi connectivity index (χ2n) is 8.83. The molecule has 1 saturated carbocycles. The quantitative estimate of drug-likeness (QED) is 0.708. The summed E-state index contributed by atoms with van der Waals surface area (Å²) in [6.07, 6.45) is 4.77. The molecule has 5 rings (SSSR count). The first-order chi connectivity index (χ1) is 14.5. The van der Waals surface area contributed by atoms with Gasteiger partial charge in [-0.1, -0.05) is 30.3 Å². The van der Waals surface area contributed by atoms with Gasteiger partial charge in [-0.3, -0.25) is 14.5 Å². The molecule has 2 fully saturated rings. The highest BCUT2D eigenvalue weighted by Crippen LogP contribution is 2.45. The van der Waals surface area contributed by atoms with E-state index in [9.17, 15) is 9.59 Å². The van der Waals surface area contributed by atoms with Gasteiger partial charge in [0.25, 0.3) is 0 Å². The number of aromatic nitrogens is 3. The third-order valence-electron chi connectivity index (χ3n) is 6.53. The molecule has 1 amide bonds. The maximum absolute atomic E-state index is 12.8. The molecule has 0 spiro atoms. The fourth-order valence-electron chi connectivity index (χ4n) is 5.25. The van der Waals surface area contributed by atoms with Crippen LogP contribution in [0.1, 0.15) is 57.2 Å². The van der Waals surface area contributed by atoms with Gasteiger partial charge in [-0.25, -0.2) is 14.6 Å². The molecule has 2 aromatic heterocycles. The number of carbonyl (C=O) groups excluding carboxylic acids is 1. The summed E-state index contributed by atoms with van der Waals surface area (Å²) in [4.78, 5) is 34.4. The Morgan fingerprint density at radius 3 is 2.43 bits per heavy atom. The van der Waals surface area contributed by atoms with Gasteiger partial charge in [0, 0.05) is 18.3 Å². The number of pyridine rings is 1. The second-order valence-corrected chi connectivity index (χ2v) is 8.83. The van der Waals surface area contributed by atoms with Crippen molar-refractivity contribution in [2.24, 2.45) is 0 Å². The summed E-state index contributed by atoms with van der Waals surface area (Å²) in [5.41, 5.74) is 1.85. The maximum Gasteiger partial charge on any atom is 0.411 e. The average molecular weight is 406 g/mol. The lowest BCUT2D eigenvalue weighted by atomic mass is 9.86. The summed E-state index contributed by atoms with van der Waals surface area (Å²) in [6.45, 7) is 3.96. The second kappa shape index (κ2) is 7.00. The lowest BCUT2D eigenvalue weighted by Crippen LogP contribution is -2.43. The van der Waals surface area contributed by atoms with Crippen LogP contribution in [0.5, 0.6) is 0 Å². The van der Waals surface area contributed by atoms with Crippen molar-refractivity contribution in [3.05, 3.63) is 64.7 Å². The fraction of sp³-hybridized carbons (Fsp3) is 0.435. The molecule has 7 heteroatoms. The minimum Gasteiger partial charge on any atom is -0.441 e. The van der Waals surface area contributed by atoms with Gasteiger partial charge in [-0.05, 0) is 57.2 Å². The number of fused-ring (bicyclic) bond motifs is 1. The van der Waals surface area contributed by atoms with Crippen LogP contribution in [0.15, 0.2) is 53.5 Å². The molecule has 2 aliphatic rings. The molecule has 1 N–H and O–H groups in total. The van der Waals surface area contributed by atoms with Crippen molar-refractivity contribution in [2.45, 2.75) is 63.3 Å². The zero-order chi connectivity index (χ0) is 20.9. The third kappa shape index (κ3) is 3.00. The smallest absolute Gasteiger partial charge is 0.411 e. The minimum absolute atomic E-state index is 0.0970. The highest BCUT2D eigenvalue weighted by atomic mass is 16.6. The highest BCUT2D eigenvalue weighted by molar-refractivity contribution is 5.72. The molecule has 30 heavy (non-hydrogen) atoms. The first-order valence-electron chi connectivity index (χ1n) is 10.6. The van der Waals surface area contributed by atoms with Crippen molar-refractivity contribution >= 4 is 17.3 Å². The van der Waals surface area contributed by atoms with Crippen molar-refractivity contribution in [1.82, 2.24) is 19.4 Å². The molecule has 156 valence electrons. The van der Waals surface area contributed by atoms with E-state index in [2.05, 4.69) is 22.1 Å². The van der Waals surface area contributed by atoms with E-state index < -0.39 is 5.60 Å². The Labute approximate surface area is 174 Å². The zero-order valence-electron chi connectivity index (χ0n) is 17.2. The Balaban J connectivity index is 1.40. The highest BCUT2D eigenvalue weighted by Gasteiger charge is 2.51. The van der Waals surface area contributed by atoms with Crippen molar-refractivity contribution in [3.63, 3.8) is 0 Å². The van der Waals surface area contributed by atoms with Crippen LogP contribution < -0.4 is 5.69 Å². The Bertz CT molecular complexity index is 1130. The predicted octanol–water partition coefficient (Wildman–Crippen LogP) is 4.18. The van der Waals surface area contributed by atoms with E-state index in [1.54, 1.807) is 6.20 Å². The van der Waals surface area contributed by atoms with Gasteiger partial charge >= 0.3 is 11.8 Å². The fourth-order valence-corrected chi connectivity index (χ4v) is 5.25. The lowest BCUT2D eigenvalue weighted by Gasteiger charge is -2.38. The van der Waals surface area contributed by atoms with Gasteiger partial charge in [0.2, 0.25) is 0 Å². The number of H-pyrrole nitrogens is 1. The van der Waals surface area contributed by atoms with Gasteiger partial charge < -0.3 is 4.74 Å². The Kier molecular flexibility index (Phi) is 4.41. The molecule has 1 aliphatic carbocycles. The zero-order valence-corrected chi connectivity index (χ0v) is 17.2. The molecule has 1 aromatic carbocycles. The Morgan fingerprint density at radius 1 is 1.00 bits per heavy atom. The van der Waals surface area contributed by atoms with Gasteiger partial charge in [0.15, 0.2) is 5.65 Å². The number of hydrogen-bond acceptors (Lipinski definition) is 4. The molecule has 0 bridgehead atoms. The summed E-state index contributed by atoms with van der Waals surface area (Å²) >= 11 is 0. The third-order valence-corrected chi connectivity index (χ3v) is 6.53. The van der Waals surface area contributed by atoms with Gasteiger partial charge in [0.05, 0.1) is 11.6 Å². The largest absolute Gasteiger partial charge is 0.441 e. The predicted molar refractivity (Wildman–Crippen MR) is 113 cm³/mol. The Hall–Kier alpha value is -3.09. The monoisotopic (exact) mass is 406 g/mol. The van der Waals surface area contributed by atoms with Crippen molar-refractivity contribution in [2.75, 3.05) is 0 Å². The molecule has 3 heterocycles. The molecule has 3 aromatic rings. The van der Waals surface area contributed by atoms with Gasteiger partial charge in [0.1, 0.15) is 5.60 Å². The average Bonchev–Trinajstić information content (AvgIpc) is 3.20. The topological polar surface area (TPSA) is 80.2 Å². The number of carbonyl (C=O) groups is 1. The van der Waals surface area contributed by atoms with Gasteiger partial charge in [-0.15, -0.1) is 0 Å². The first kappa shape index (κ1) is 18.9. The van der Waals surface area contributed by atoms with Crippen LogP contribution in [-0.4, -0.2) is 37.2 Å². The molecule has 1 atom stereocenters. The molecule has 1 aliphatic heterocycles. The van der Waals surface area contributed by atoms with Crippen LogP contribution >= 0.6 is 0 Å². The molecule has 1 unspecified atom stereocenters. The van der Waals surface area contributed by atoms with Crippen molar-refractivity contribution < 1.29 is 9.53 Å². The number of nitrogens with zero attached hydrogens (tertiary/aromatic N) is 3. The van der Waals surface area contributed by atoms with Gasteiger partial charge in [-0.2, -0.15) is 0 Å². The maximum atomic E-state index is 12.8. The summed E-state index contributed by atoms with van der Waals surface area (Å²) in [5, 5.41) is 0. The van der Waals surface area contributed by atoms with E-state index in [4.69, 9.17) is 4.74 Å². The number of ether oxygens (including phenoxy) is 1. The summed E-state index contributed by atoms with van der Waals surface area (Å²) in [6, 6.07) is 14.0. The number of rotatable bonds is 3. The molecule has 0 radical (unpaired) electrons. The van der Waals surface area contributed by atoms with E-state index in [-0.39, 0.29) is 29.9 Å². The summed E-state index contributed by atoms with van der Waals surface area (Å²) < 4.78 is 7.61. The molecule has 7 nitrogen and oxygen atoms in total. The van der Waals surface area contributed by atoms with Crippen LogP contribution in [0.25, 0.3) is 11.2 Å². The van der Waals surface area contributed by atoms with Crippen LogP contribution in [0.4, 0.5) is 4.79 Å². The number of cyclic esters (lactones) is 1. The lowest BCUT2D eigenvalue weighted by molar-refractivity contribution is 0.0662. The molecule has 1 saturated heterocycles. The number of amides is 1. The SMILES string of the molecule is CC1(C)OC(=O)N(C2CCC(n3c(=O)[nH]c4ncccc43)CC2)C1c1ccccc1. The molecular weight excluding hydrogens is 380 g/mol. The summed E-state index contributed by atoms with van der Waals surface area (Å²) in [7, 11) is 0. The van der Waals surface area contributed by atoms with Crippen molar-refractivity contribution in [1.29, 1.82) is 0 Å². The number of aromatic amines is 1. The number of imidazole rings is 1. The van der Waals surface area contributed by atoms with Crippen LogP contribution in [0, 0.1) is 0 Å². The van der Waals surface area contributed by atoms with Crippen LogP contribution in [-0.2, 0) is 4.74 Å². The number of nitrogens with one attached hydrogen (secondary N) is 1. The van der Waals surface area contributed by atoms with E-state index in [0.717, 1.165) is 36.8 Å². The number of benzene rings is 1. The number of hydrogen-bond donors (Lipinski definition) is 1. The minimum atomic E-state index is -0.589. The van der Waals surface area contributed by atoms with E-state index >= 15 is 0 Å².